The van der Waals surface area contributed by atoms with E-state index in [1.165, 1.54) is 0 Å². The van der Waals surface area contributed by atoms with Crippen molar-refractivity contribution >= 4 is 23.2 Å². The molecular formula is C13H17ClN2O2. The van der Waals surface area contributed by atoms with Crippen molar-refractivity contribution in [3.8, 4) is 0 Å². The van der Waals surface area contributed by atoms with Crippen molar-refractivity contribution in [2.45, 2.75) is 25.4 Å². The average Bonchev–Trinajstić information content (AvgIpc) is 2.30. The summed E-state index contributed by atoms with van der Waals surface area (Å²) in [5.41, 5.74) is 5.66. The predicted octanol–water partition coefficient (Wildman–Crippen LogP) is 1.91. The van der Waals surface area contributed by atoms with Gasteiger partial charge in [-0.15, -0.1) is 0 Å². The number of benzene rings is 1. The van der Waals surface area contributed by atoms with E-state index in [4.69, 9.17) is 17.3 Å². The third-order valence-electron chi connectivity index (χ3n) is 3.22. The Morgan fingerprint density at radius 3 is 2.94 bits per heavy atom. The summed E-state index contributed by atoms with van der Waals surface area (Å²) in [6.45, 7) is 2.71. The van der Waals surface area contributed by atoms with Gasteiger partial charge in [-0.3, -0.25) is 4.79 Å². The number of hydrogen-bond donors (Lipinski definition) is 2. The van der Waals surface area contributed by atoms with Crippen molar-refractivity contribution in [3.63, 3.8) is 0 Å². The molecule has 3 N–H and O–H groups in total. The van der Waals surface area contributed by atoms with Crippen LogP contribution in [0.3, 0.4) is 0 Å². The fourth-order valence-electron chi connectivity index (χ4n) is 2.28. The van der Waals surface area contributed by atoms with Crippen LogP contribution in [-0.2, 0) is 0 Å². The minimum atomic E-state index is -0.819. The number of rotatable bonds is 1. The van der Waals surface area contributed by atoms with Crippen LogP contribution < -0.4 is 5.73 Å². The monoisotopic (exact) mass is 268 g/mol. The minimum Gasteiger partial charge on any atom is -0.398 e. The fourth-order valence-corrected chi connectivity index (χ4v) is 2.49. The molecule has 0 saturated carbocycles. The van der Waals surface area contributed by atoms with Gasteiger partial charge in [-0.25, -0.2) is 0 Å². The quantitative estimate of drug-likeness (QED) is 0.765. The number of hydrogen-bond acceptors (Lipinski definition) is 3. The number of carbonyl (C=O) groups is 1. The summed E-state index contributed by atoms with van der Waals surface area (Å²) in [5, 5.41) is 10.3. The molecule has 1 unspecified atom stereocenters. The van der Waals surface area contributed by atoms with E-state index >= 15 is 0 Å². The minimum absolute atomic E-state index is 0.174. The lowest BCUT2D eigenvalue weighted by molar-refractivity contribution is -0.0107. The van der Waals surface area contributed by atoms with Crippen LogP contribution >= 0.6 is 11.6 Å². The first-order chi connectivity index (χ1) is 8.41. The Morgan fingerprint density at radius 1 is 1.56 bits per heavy atom. The van der Waals surface area contributed by atoms with Crippen molar-refractivity contribution in [2.24, 2.45) is 0 Å². The van der Waals surface area contributed by atoms with E-state index < -0.39 is 5.60 Å². The maximum Gasteiger partial charge on any atom is 0.255 e. The standard InChI is InChI=1S/C13H17ClN2O2/c1-13(18)6-3-7-16(8-13)12(17)9-4-2-5-10(15)11(9)14/h2,4-5,18H,3,6-8,15H2,1H3. The maximum absolute atomic E-state index is 12.3. The molecule has 1 aromatic rings. The number of piperidine rings is 1. The summed E-state index contributed by atoms with van der Waals surface area (Å²) in [5.74, 6) is -0.174. The van der Waals surface area contributed by atoms with E-state index in [-0.39, 0.29) is 10.9 Å². The number of nitrogens with two attached hydrogens (primary N) is 1. The number of halogens is 1. The van der Waals surface area contributed by atoms with E-state index in [1.807, 2.05) is 0 Å². The number of nitrogen functional groups attached to an aromatic ring is 1. The van der Waals surface area contributed by atoms with Crippen LogP contribution in [0, 0.1) is 0 Å². The molecule has 0 spiro atoms. The Morgan fingerprint density at radius 2 is 2.28 bits per heavy atom. The van der Waals surface area contributed by atoms with Crippen LogP contribution in [-0.4, -0.2) is 34.6 Å². The van der Waals surface area contributed by atoms with Gasteiger partial charge in [0.2, 0.25) is 0 Å². The van der Waals surface area contributed by atoms with Crippen molar-refractivity contribution < 1.29 is 9.90 Å². The van der Waals surface area contributed by atoms with E-state index in [2.05, 4.69) is 0 Å². The lowest BCUT2D eigenvalue weighted by Gasteiger charge is -2.37. The normalized spacial score (nSPS) is 24.1. The molecule has 0 aromatic heterocycles. The highest BCUT2D eigenvalue weighted by atomic mass is 35.5. The fraction of sp³-hybridized carbons (Fsp3) is 0.462. The highest BCUT2D eigenvalue weighted by Gasteiger charge is 2.32. The Bertz CT molecular complexity index is 474. The molecule has 1 aliphatic heterocycles. The number of aliphatic hydroxyl groups is 1. The SMILES string of the molecule is CC1(O)CCCN(C(=O)c2cccc(N)c2Cl)C1. The highest BCUT2D eigenvalue weighted by Crippen LogP contribution is 2.27. The largest absolute Gasteiger partial charge is 0.398 e. The first kappa shape index (κ1) is 13.2. The predicted molar refractivity (Wildman–Crippen MR) is 71.6 cm³/mol. The summed E-state index contributed by atoms with van der Waals surface area (Å²) in [7, 11) is 0. The summed E-state index contributed by atoms with van der Waals surface area (Å²) in [6, 6.07) is 5.02. The lowest BCUT2D eigenvalue weighted by Crippen LogP contribution is -2.48. The molecule has 1 aliphatic rings. The van der Waals surface area contributed by atoms with Crippen molar-refractivity contribution in [1.29, 1.82) is 0 Å². The van der Waals surface area contributed by atoms with E-state index in [9.17, 15) is 9.90 Å². The van der Waals surface area contributed by atoms with E-state index in [0.717, 1.165) is 6.42 Å². The molecule has 1 fully saturated rings. The third kappa shape index (κ3) is 2.60. The van der Waals surface area contributed by atoms with Gasteiger partial charge in [0.25, 0.3) is 5.91 Å². The second-order valence-corrected chi connectivity index (χ2v) is 5.41. The topological polar surface area (TPSA) is 66.6 Å². The maximum atomic E-state index is 12.3. The second-order valence-electron chi connectivity index (χ2n) is 5.04. The van der Waals surface area contributed by atoms with Crippen LogP contribution in [0.4, 0.5) is 5.69 Å². The molecule has 0 radical (unpaired) electrons. The molecule has 1 amide bonds. The third-order valence-corrected chi connectivity index (χ3v) is 3.64. The molecule has 2 rings (SSSR count). The Hall–Kier alpha value is -1.26. The molecule has 18 heavy (non-hydrogen) atoms. The molecule has 0 aliphatic carbocycles. The lowest BCUT2D eigenvalue weighted by atomic mass is 9.94. The van der Waals surface area contributed by atoms with Crippen LogP contribution in [0.2, 0.25) is 5.02 Å². The van der Waals surface area contributed by atoms with Crippen LogP contribution in [0.25, 0.3) is 0 Å². The zero-order valence-corrected chi connectivity index (χ0v) is 11.1. The van der Waals surface area contributed by atoms with Crippen LogP contribution in [0.15, 0.2) is 18.2 Å². The number of carbonyl (C=O) groups excluding carboxylic acids is 1. The molecule has 1 atom stereocenters. The van der Waals surface area contributed by atoms with Crippen molar-refractivity contribution in [1.82, 2.24) is 4.90 Å². The van der Waals surface area contributed by atoms with Gasteiger partial charge in [-0.1, -0.05) is 17.7 Å². The zero-order chi connectivity index (χ0) is 13.3. The molecule has 1 saturated heterocycles. The molecule has 98 valence electrons. The number of anilines is 1. The first-order valence-electron chi connectivity index (χ1n) is 5.96. The van der Waals surface area contributed by atoms with Gasteiger partial charge >= 0.3 is 0 Å². The van der Waals surface area contributed by atoms with Gasteiger partial charge in [0, 0.05) is 13.1 Å². The average molecular weight is 269 g/mol. The number of β-amino-alcohol motifs (C(OH)–C–C–N with tert-alkyl or cyclic N) is 1. The summed E-state index contributed by atoms with van der Waals surface area (Å²) >= 11 is 6.04. The van der Waals surface area contributed by atoms with E-state index in [1.54, 1.807) is 30.0 Å². The molecule has 5 heteroatoms. The Kier molecular flexibility index (Phi) is 3.50. The number of nitrogens with zero attached hydrogens (tertiary/aromatic N) is 1. The molecule has 0 bridgehead atoms. The van der Waals surface area contributed by atoms with E-state index in [0.29, 0.717) is 30.8 Å². The van der Waals surface area contributed by atoms with Crippen LogP contribution in [0.1, 0.15) is 30.1 Å². The van der Waals surface area contributed by atoms with Crippen molar-refractivity contribution in [3.05, 3.63) is 28.8 Å². The molecular weight excluding hydrogens is 252 g/mol. The molecule has 4 nitrogen and oxygen atoms in total. The first-order valence-corrected chi connectivity index (χ1v) is 6.34. The van der Waals surface area contributed by atoms with Crippen LogP contribution in [0.5, 0.6) is 0 Å². The summed E-state index contributed by atoms with van der Waals surface area (Å²) < 4.78 is 0. The summed E-state index contributed by atoms with van der Waals surface area (Å²) in [6.07, 6.45) is 1.50. The number of likely N-dealkylation sites (tertiary alicyclic amines) is 1. The van der Waals surface area contributed by atoms with Gasteiger partial charge in [-0.05, 0) is 31.9 Å². The number of amides is 1. The van der Waals surface area contributed by atoms with Gasteiger partial charge < -0.3 is 15.7 Å². The Labute approximate surface area is 111 Å². The van der Waals surface area contributed by atoms with Crippen molar-refractivity contribution in [2.75, 3.05) is 18.8 Å². The van der Waals surface area contributed by atoms with Gasteiger partial charge in [0.05, 0.1) is 21.9 Å². The smallest absolute Gasteiger partial charge is 0.255 e. The highest BCUT2D eigenvalue weighted by molar-refractivity contribution is 6.36. The zero-order valence-electron chi connectivity index (χ0n) is 10.3. The molecule has 1 aromatic carbocycles. The van der Waals surface area contributed by atoms with Gasteiger partial charge in [-0.2, -0.15) is 0 Å². The summed E-state index contributed by atoms with van der Waals surface area (Å²) in [4.78, 5) is 14.0. The van der Waals surface area contributed by atoms with Gasteiger partial charge in [0.15, 0.2) is 0 Å². The second kappa shape index (κ2) is 4.78. The Balaban J connectivity index is 2.23. The molecule has 1 heterocycles. The van der Waals surface area contributed by atoms with Gasteiger partial charge in [0.1, 0.15) is 0 Å².